The zero-order valence-electron chi connectivity index (χ0n) is 18.5. The first-order valence-corrected chi connectivity index (χ1v) is 11.9. The topological polar surface area (TPSA) is 105 Å². The van der Waals surface area contributed by atoms with Crippen LogP contribution < -0.4 is 15.5 Å². The Labute approximate surface area is 217 Å². The molecule has 2 aliphatic rings. The van der Waals surface area contributed by atoms with Gasteiger partial charge in [-0.15, -0.1) is 0 Å². The second-order valence-electron chi connectivity index (χ2n) is 8.19. The standard InChI is InChI=1S/C24H19F3IN3O5/c25-24(26,27)23(35)36-22(34)13-7-9-31(10-8-13)16-4-2-15(3-5-16)29-12-19-18-11-14(28)1-6-17(18)20(32)30-21(19)33/h1-6,11-13,29H,7-10H2,(H,30,32,33). The normalized spacial score (nSPS) is 17.4. The van der Waals surface area contributed by atoms with E-state index < -0.39 is 35.8 Å². The van der Waals surface area contributed by atoms with Gasteiger partial charge in [-0.1, -0.05) is 0 Å². The van der Waals surface area contributed by atoms with Crippen molar-refractivity contribution in [3.63, 3.8) is 0 Å². The van der Waals surface area contributed by atoms with Gasteiger partial charge in [0.1, 0.15) is 0 Å². The second kappa shape index (κ2) is 10.3. The van der Waals surface area contributed by atoms with Crippen molar-refractivity contribution < 1.29 is 37.1 Å². The number of fused-ring (bicyclic) bond motifs is 1. The molecule has 0 radical (unpaired) electrons. The lowest BCUT2D eigenvalue weighted by molar-refractivity contribution is -0.203. The highest BCUT2D eigenvalue weighted by Gasteiger charge is 2.43. The van der Waals surface area contributed by atoms with E-state index in [1.54, 1.807) is 30.3 Å². The molecule has 4 rings (SSSR count). The number of carbonyl (C=O) groups is 4. The van der Waals surface area contributed by atoms with Crippen molar-refractivity contribution in [2.45, 2.75) is 19.0 Å². The fourth-order valence-corrected chi connectivity index (χ4v) is 4.46. The van der Waals surface area contributed by atoms with E-state index >= 15 is 0 Å². The maximum Gasteiger partial charge on any atom is 0.491 e. The maximum atomic E-state index is 12.4. The number of hydrogen-bond acceptors (Lipinski definition) is 7. The molecule has 188 valence electrons. The lowest BCUT2D eigenvalue weighted by atomic mass is 9.95. The quantitative estimate of drug-likeness (QED) is 0.178. The molecule has 8 nitrogen and oxygen atoms in total. The van der Waals surface area contributed by atoms with Gasteiger partial charge in [0.2, 0.25) is 0 Å². The SMILES string of the molecule is O=C1NC(=O)c2ccc(I)cc2C1=CNc1ccc(N2CCC(C(=O)OC(=O)C(F)(F)F)CC2)cc1. The number of piperidine rings is 1. The summed E-state index contributed by atoms with van der Waals surface area (Å²) in [6.45, 7) is 0.806. The fourth-order valence-electron chi connectivity index (χ4n) is 3.97. The van der Waals surface area contributed by atoms with Crippen molar-refractivity contribution in [1.29, 1.82) is 0 Å². The predicted octanol–water partition coefficient (Wildman–Crippen LogP) is 3.86. The van der Waals surface area contributed by atoms with Crippen LogP contribution in [0.15, 0.2) is 48.7 Å². The molecular formula is C24H19F3IN3O5. The molecule has 1 fully saturated rings. The van der Waals surface area contributed by atoms with Crippen molar-refractivity contribution in [3.8, 4) is 0 Å². The minimum Gasteiger partial charge on any atom is -0.386 e. The molecule has 36 heavy (non-hydrogen) atoms. The molecule has 0 spiro atoms. The van der Waals surface area contributed by atoms with Gasteiger partial charge in [0, 0.05) is 45.4 Å². The predicted molar refractivity (Wildman–Crippen MR) is 132 cm³/mol. The molecule has 0 saturated carbocycles. The van der Waals surface area contributed by atoms with Gasteiger partial charge in [-0.3, -0.25) is 19.7 Å². The second-order valence-corrected chi connectivity index (χ2v) is 9.44. The first kappa shape index (κ1) is 25.7. The van der Waals surface area contributed by atoms with Gasteiger partial charge < -0.3 is 15.0 Å². The van der Waals surface area contributed by atoms with Crippen LogP contribution in [0.25, 0.3) is 5.57 Å². The van der Waals surface area contributed by atoms with Crippen LogP contribution in [0.2, 0.25) is 0 Å². The largest absolute Gasteiger partial charge is 0.491 e. The number of halogens is 4. The molecule has 1 saturated heterocycles. The van der Waals surface area contributed by atoms with E-state index in [2.05, 4.69) is 38.0 Å². The Hall–Kier alpha value is -3.42. The Bertz CT molecular complexity index is 1250. The molecule has 2 amide bonds. The summed E-state index contributed by atoms with van der Waals surface area (Å²) in [7, 11) is 0. The first-order chi connectivity index (χ1) is 17.0. The summed E-state index contributed by atoms with van der Waals surface area (Å²) >= 11 is 2.11. The Balaban J connectivity index is 1.37. The molecule has 2 aliphatic heterocycles. The summed E-state index contributed by atoms with van der Waals surface area (Å²) in [4.78, 5) is 49.2. The maximum absolute atomic E-state index is 12.4. The van der Waals surface area contributed by atoms with Gasteiger partial charge in [0.25, 0.3) is 11.8 Å². The molecule has 0 aliphatic carbocycles. The highest BCUT2D eigenvalue weighted by atomic mass is 127. The fraction of sp³-hybridized carbons (Fsp3) is 0.250. The van der Waals surface area contributed by atoms with E-state index in [0.717, 1.165) is 9.26 Å². The molecule has 12 heteroatoms. The van der Waals surface area contributed by atoms with E-state index in [1.807, 2.05) is 17.0 Å². The average molecular weight is 613 g/mol. The van der Waals surface area contributed by atoms with Gasteiger partial charge >= 0.3 is 18.1 Å². The van der Waals surface area contributed by atoms with Crippen molar-refractivity contribution in [2.75, 3.05) is 23.3 Å². The molecule has 2 heterocycles. The average Bonchev–Trinajstić information content (AvgIpc) is 2.83. The molecule has 2 aromatic rings. The van der Waals surface area contributed by atoms with Crippen molar-refractivity contribution in [2.24, 2.45) is 5.92 Å². The van der Waals surface area contributed by atoms with E-state index in [4.69, 9.17) is 0 Å². The molecule has 0 aromatic heterocycles. The van der Waals surface area contributed by atoms with E-state index in [1.165, 1.54) is 6.20 Å². The number of amides is 2. The number of benzene rings is 2. The number of nitrogens with zero attached hydrogens (tertiary/aromatic N) is 1. The minimum atomic E-state index is -5.21. The van der Waals surface area contributed by atoms with Gasteiger partial charge in [-0.05, 0) is 77.9 Å². The summed E-state index contributed by atoms with van der Waals surface area (Å²) in [5, 5.41) is 5.38. The summed E-state index contributed by atoms with van der Waals surface area (Å²) in [6.07, 6.45) is -3.17. The third kappa shape index (κ3) is 5.69. The van der Waals surface area contributed by atoms with Crippen molar-refractivity contribution in [3.05, 3.63) is 63.4 Å². The van der Waals surface area contributed by atoms with E-state index in [0.29, 0.717) is 35.5 Å². The summed E-state index contributed by atoms with van der Waals surface area (Å²) in [5.74, 6) is -5.38. The van der Waals surface area contributed by atoms with Crippen LogP contribution in [-0.2, 0) is 19.1 Å². The Kier molecular flexibility index (Phi) is 7.33. The van der Waals surface area contributed by atoms with Crippen LogP contribution in [0.1, 0.15) is 28.8 Å². The molecule has 0 atom stereocenters. The van der Waals surface area contributed by atoms with Crippen LogP contribution >= 0.6 is 22.6 Å². The van der Waals surface area contributed by atoms with E-state index in [9.17, 15) is 32.3 Å². The van der Waals surface area contributed by atoms with Crippen molar-refractivity contribution in [1.82, 2.24) is 5.32 Å². The molecule has 0 unspecified atom stereocenters. The molecule has 0 bridgehead atoms. The monoisotopic (exact) mass is 613 g/mol. The Morgan fingerprint density at radius 1 is 1.03 bits per heavy atom. The molecule has 2 N–H and O–H groups in total. The van der Waals surface area contributed by atoms with Crippen molar-refractivity contribution >= 4 is 63.3 Å². The van der Waals surface area contributed by atoms with Crippen LogP contribution in [0.3, 0.4) is 0 Å². The third-order valence-corrected chi connectivity index (χ3v) is 6.53. The van der Waals surface area contributed by atoms with E-state index in [-0.39, 0.29) is 12.8 Å². The number of alkyl halides is 3. The first-order valence-electron chi connectivity index (χ1n) is 10.8. The Morgan fingerprint density at radius 3 is 2.33 bits per heavy atom. The number of nitrogens with one attached hydrogen (secondary N) is 2. The zero-order valence-corrected chi connectivity index (χ0v) is 20.7. The summed E-state index contributed by atoms with van der Waals surface area (Å²) < 4.78 is 41.7. The van der Waals surface area contributed by atoms with Crippen LogP contribution in [0.4, 0.5) is 24.5 Å². The minimum absolute atomic E-state index is 0.252. The number of esters is 2. The number of ether oxygens (including phenoxy) is 1. The summed E-state index contributed by atoms with van der Waals surface area (Å²) in [5.41, 5.74) is 2.80. The number of hydrogen-bond donors (Lipinski definition) is 2. The number of anilines is 2. The lowest BCUT2D eigenvalue weighted by Gasteiger charge is -2.32. The number of rotatable bonds is 4. The lowest BCUT2D eigenvalue weighted by Crippen LogP contribution is -2.38. The van der Waals surface area contributed by atoms with Crippen LogP contribution in [0, 0.1) is 9.49 Å². The zero-order chi connectivity index (χ0) is 26.0. The molecular weight excluding hydrogens is 594 g/mol. The summed E-state index contributed by atoms with van der Waals surface area (Å²) in [6, 6.07) is 12.4. The number of imide groups is 1. The van der Waals surface area contributed by atoms with Gasteiger partial charge in [-0.25, -0.2) is 4.79 Å². The van der Waals surface area contributed by atoms with Gasteiger partial charge in [-0.2, -0.15) is 13.2 Å². The van der Waals surface area contributed by atoms with Crippen LogP contribution in [-0.4, -0.2) is 43.0 Å². The highest BCUT2D eigenvalue weighted by Crippen LogP contribution is 2.28. The van der Waals surface area contributed by atoms with Gasteiger partial charge in [0.05, 0.1) is 11.5 Å². The van der Waals surface area contributed by atoms with Gasteiger partial charge in [0.15, 0.2) is 0 Å². The smallest absolute Gasteiger partial charge is 0.386 e. The highest BCUT2D eigenvalue weighted by molar-refractivity contribution is 14.1. The Morgan fingerprint density at radius 2 is 1.69 bits per heavy atom. The number of carbonyl (C=O) groups excluding carboxylic acids is 4. The molecule has 2 aromatic carbocycles. The third-order valence-electron chi connectivity index (χ3n) is 5.86. The van der Waals surface area contributed by atoms with Crippen LogP contribution in [0.5, 0.6) is 0 Å².